The van der Waals surface area contributed by atoms with Crippen molar-refractivity contribution in [3.05, 3.63) is 0 Å². The quantitative estimate of drug-likeness (QED) is 0.841. The van der Waals surface area contributed by atoms with Crippen LogP contribution in [0.4, 0.5) is 0 Å². The number of hydrogen-bond donors (Lipinski definition) is 1. The van der Waals surface area contributed by atoms with Crippen molar-refractivity contribution in [2.75, 3.05) is 13.1 Å². The van der Waals surface area contributed by atoms with Crippen LogP contribution in [0.2, 0.25) is 0 Å². The van der Waals surface area contributed by atoms with Crippen LogP contribution in [-0.2, 0) is 0 Å². The lowest BCUT2D eigenvalue weighted by atomic mass is 9.81. The summed E-state index contributed by atoms with van der Waals surface area (Å²) in [5.41, 5.74) is 0.481. The maximum Gasteiger partial charge on any atom is 0.0309 e. The fourth-order valence-electron chi connectivity index (χ4n) is 5.12. The fraction of sp³-hybridized carbons (Fsp3) is 1.00. The Morgan fingerprint density at radius 2 is 1.80 bits per heavy atom. The number of hydrogen-bond acceptors (Lipinski definition) is 2. The third kappa shape index (κ3) is 2.92. The Hall–Kier alpha value is -0.0800. The van der Waals surface area contributed by atoms with Gasteiger partial charge in [-0.05, 0) is 44.9 Å². The molecule has 3 rings (SSSR count). The highest BCUT2D eigenvalue weighted by molar-refractivity contribution is 5.02. The highest BCUT2D eigenvalue weighted by Gasteiger charge is 2.43. The maximum atomic E-state index is 3.94. The van der Waals surface area contributed by atoms with Crippen LogP contribution in [0.5, 0.6) is 0 Å². The molecule has 116 valence electrons. The summed E-state index contributed by atoms with van der Waals surface area (Å²) in [6, 6.07) is 1.58. The van der Waals surface area contributed by atoms with E-state index in [1.165, 1.54) is 77.3 Å². The van der Waals surface area contributed by atoms with E-state index in [2.05, 4.69) is 24.1 Å². The number of rotatable bonds is 3. The van der Waals surface area contributed by atoms with Crippen LogP contribution < -0.4 is 5.32 Å². The summed E-state index contributed by atoms with van der Waals surface area (Å²) in [7, 11) is 0. The maximum absolute atomic E-state index is 3.94. The molecule has 1 aliphatic heterocycles. The molecule has 2 saturated carbocycles. The first-order chi connectivity index (χ1) is 9.74. The predicted octanol–water partition coefficient (Wildman–Crippen LogP) is 3.95. The number of nitrogens with one attached hydrogen (secondary N) is 1. The van der Waals surface area contributed by atoms with Gasteiger partial charge in [-0.25, -0.2) is 0 Å². The zero-order chi connectivity index (χ0) is 14.0. The first-order valence-corrected chi connectivity index (χ1v) is 9.25. The summed E-state index contributed by atoms with van der Waals surface area (Å²) in [5.74, 6) is 0.967. The molecular weight excluding hydrogens is 244 g/mol. The summed E-state index contributed by atoms with van der Waals surface area (Å²) >= 11 is 0. The molecule has 0 bridgehead atoms. The van der Waals surface area contributed by atoms with Gasteiger partial charge in [-0.3, -0.25) is 4.90 Å². The molecule has 1 spiro atoms. The molecule has 2 aliphatic carbocycles. The van der Waals surface area contributed by atoms with Crippen molar-refractivity contribution in [2.45, 2.75) is 95.7 Å². The smallest absolute Gasteiger partial charge is 0.0309 e. The van der Waals surface area contributed by atoms with Crippen LogP contribution in [0, 0.1) is 5.92 Å². The van der Waals surface area contributed by atoms with E-state index in [0.29, 0.717) is 5.54 Å². The van der Waals surface area contributed by atoms with Gasteiger partial charge in [-0.2, -0.15) is 0 Å². The summed E-state index contributed by atoms with van der Waals surface area (Å²) in [4.78, 5) is 2.91. The van der Waals surface area contributed by atoms with E-state index in [-0.39, 0.29) is 0 Å². The third-order valence-electron chi connectivity index (χ3n) is 6.55. The highest BCUT2D eigenvalue weighted by Crippen LogP contribution is 2.37. The molecule has 1 saturated heterocycles. The number of piperazine rings is 1. The largest absolute Gasteiger partial charge is 0.308 e. The molecule has 0 aromatic carbocycles. The Morgan fingerprint density at radius 3 is 2.45 bits per heavy atom. The Morgan fingerprint density at radius 1 is 1.10 bits per heavy atom. The summed E-state index contributed by atoms with van der Waals surface area (Å²) < 4.78 is 0. The van der Waals surface area contributed by atoms with Crippen LogP contribution in [0.25, 0.3) is 0 Å². The Bertz CT molecular complexity index is 303. The van der Waals surface area contributed by atoms with E-state index in [4.69, 9.17) is 0 Å². The molecule has 0 aromatic rings. The van der Waals surface area contributed by atoms with Crippen molar-refractivity contribution in [2.24, 2.45) is 5.92 Å². The molecule has 2 nitrogen and oxygen atoms in total. The first kappa shape index (κ1) is 14.8. The lowest BCUT2D eigenvalue weighted by Gasteiger charge is -2.50. The lowest BCUT2D eigenvalue weighted by Crippen LogP contribution is -2.65. The van der Waals surface area contributed by atoms with Gasteiger partial charge in [0.1, 0.15) is 0 Å². The Kier molecular flexibility index (Phi) is 4.72. The minimum absolute atomic E-state index is 0.481. The van der Waals surface area contributed by atoms with Crippen LogP contribution in [-0.4, -0.2) is 35.6 Å². The molecule has 0 amide bonds. The average Bonchev–Trinajstić information content (AvgIpc) is 2.95. The van der Waals surface area contributed by atoms with E-state index < -0.39 is 0 Å². The Labute approximate surface area is 125 Å². The summed E-state index contributed by atoms with van der Waals surface area (Å²) in [6.07, 6.45) is 14.4. The van der Waals surface area contributed by atoms with Crippen molar-refractivity contribution >= 4 is 0 Å². The second-order valence-electron chi connectivity index (χ2n) is 7.74. The van der Waals surface area contributed by atoms with Crippen molar-refractivity contribution in [3.8, 4) is 0 Å². The van der Waals surface area contributed by atoms with Gasteiger partial charge in [0.25, 0.3) is 0 Å². The standard InChI is InChI=1S/C18H34N2/c1-3-17-13-19-18(11-7-8-12-18)14-20(17)15(2)16-9-5-4-6-10-16/h15-17,19H,3-14H2,1-2H3. The van der Waals surface area contributed by atoms with E-state index in [1.54, 1.807) is 0 Å². The van der Waals surface area contributed by atoms with Gasteiger partial charge in [0, 0.05) is 30.7 Å². The Balaban J connectivity index is 1.69. The van der Waals surface area contributed by atoms with Gasteiger partial charge in [0.05, 0.1) is 0 Å². The topological polar surface area (TPSA) is 15.3 Å². The van der Waals surface area contributed by atoms with Gasteiger partial charge in [0.15, 0.2) is 0 Å². The normalized spacial score (nSPS) is 33.6. The monoisotopic (exact) mass is 278 g/mol. The molecule has 1 N–H and O–H groups in total. The zero-order valence-electron chi connectivity index (χ0n) is 13.7. The number of nitrogens with zero attached hydrogens (tertiary/aromatic N) is 1. The van der Waals surface area contributed by atoms with Crippen molar-refractivity contribution in [1.82, 2.24) is 10.2 Å². The molecule has 3 fully saturated rings. The molecule has 3 aliphatic rings. The van der Waals surface area contributed by atoms with Crippen molar-refractivity contribution in [3.63, 3.8) is 0 Å². The van der Waals surface area contributed by atoms with Gasteiger partial charge >= 0.3 is 0 Å². The average molecular weight is 278 g/mol. The predicted molar refractivity (Wildman–Crippen MR) is 86.0 cm³/mol. The minimum Gasteiger partial charge on any atom is -0.308 e. The van der Waals surface area contributed by atoms with Gasteiger partial charge in [0.2, 0.25) is 0 Å². The molecule has 2 heteroatoms. The zero-order valence-corrected chi connectivity index (χ0v) is 13.7. The van der Waals surface area contributed by atoms with Crippen LogP contribution >= 0.6 is 0 Å². The molecule has 1 heterocycles. The van der Waals surface area contributed by atoms with Crippen molar-refractivity contribution in [1.29, 1.82) is 0 Å². The third-order valence-corrected chi connectivity index (χ3v) is 6.55. The fourth-order valence-corrected chi connectivity index (χ4v) is 5.12. The van der Waals surface area contributed by atoms with E-state index in [0.717, 1.165) is 18.0 Å². The van der Waals surface area contributed by atoms with Crippen LogP contribution in [0.1, 0.15) is 78.1 Å². The second kappa shape index (κ2) is 6.36. The lowest BCUT2D eigenvalue weighted by molar-refractivity contribution is 0.0174. The van der Waals surface area contributed by atoms with Gasteiger partial charge in [-0.1, -0.05) is 39.0 Å². The molecule has 2 atom stereocenters. The van der Waals surface area contributed by atoms with Gasteiger partial charge in [-0.15, -0.1) is 0 Å². The van der Waals surface area contributed by atoms with Crippen LogP contribution in [0.15, 0.2) is 0 Å². The second-order valence-corrected chi connectivity index (χ2v) is 7.74. The summed E-state index contributed by atoms with van der Waals surface area (Å²) in [6.45, 7) is 7.46. The van der Waals surface area contributed by atoms with E-state index in [1.807, 2.05) is 0 Å². The molecule has 20 heavy (non-hydrogen) atoms. The molecular formula is C18H34N2. The highest BCUT2D eigenvalue weighted by atomic mass is 15.3. The minimum atomic E-state index is 0.481. The summed E-state index contributed by atoms with van der Waals surface area (Å²) in [5, 5.41) is 3.94. The SMILES string of the molecule is CCC1CNC2(CCCC2)CN1C(C)C1CCCCC1. The molecule has 0 aromatic heterocycles. The van der Waals surface area contributed by atoms with E-state index in [9.17, 15) is 0 Å². The van der Waals surface area contributed by atoms with Gasteiger partial charge < -0.3 is 5.32 Å². The van der Waals surface area contributed by atoms with E-state index >= 15 is 0 Å². The molecule has 0 radical (unpaired) electrons. The first-order valence-electron chi connectivity index (χ1n) is 9.25. The molecule has 2 unspecified atom stereocenters. The van der Waals surface area contributed by atoms with Crippen LogP contribution in [0.3, 0.4) is 0 Å². The van der Waals surface area contributed by atoms with Crippen molar-refractivity contribution < 1.29 is 0 Å².